The number of carbonyl (C=O) groups excluding carboxylic acids is 1. The molecule has 0 spiro atoms. The third kappa shape index (κ3) is 5.45. The van der Waals surface area contributed by atoms with Gasteiger partial charge >= 0.3 is 0 Å². The summed E-state index contributed by atoms with van der Waals surface area (Å²) in [5.41, 5.74) is 6.68. The van der Waals surface area contributed by atoms with Gasteiger partial charge in [-0.2, -0.15) is 0 Å². The Hall–Kier alpha value is -0.770. The van der Waals surface area contributed by atoms with Gasteiger partial charge in [0.1, 0.15) is 0 Å². The molecule has 1 unspecified atom stereocenters. The molecule has 1 heterocycles. The van der Waals surface area contributed by atoms with Gasteiger partial charge in [-0.25, -0.2) is 0 Å². The number of carbonyl (C=O) groups is 1. The van der Waals surface area contributed by atoms with E-state index in [4.69, 9.17) is 17.3 Å². The Labute approximate surface area is 144 Å². The van der Waals surface area contributed by atoms with Crippen molar-refractivity contribution in [2.45, 2.75) is 51.0 Å². The van der Waals surface area contributed by atoms with Gasteiger partial charge in [0.2, 0.25) is 5.91 Å². The number of amides is 1. The molecule has 5 heteroatoms. The van der Waals surface area contributed by atoms with Crippen LogP contribution in [0.5, 0.6) is 0 Å². The van der Waals surface area contributed by atoms with Gasteiger partial charge in [0.05, 0.1) is 6.04 Å². The van der Waals surface area contributed by atoms with Crippen molar-refractivity contribution >= 4 is 29.9 Å². The van der Waals surface area contributed by atoms with E-state index in [-0.39, 0.29) is 18.4 Å². The number of unbranched alkanes of at least 4 members (excludes halogenated alkanes) is 3. The summed E-state index contributed by atoms with van der Waals surface area (Å²) in [4.78, 5) is 14.5. The van der Waals surface area contributed by atoms with E-state index < -0.39 is 0 Å². The van der Waals surface area contributed by atoms with Gasteiger partial charge in [0.15, 0.2) is 0 Å². The molecule has 1 aromatic rings. The highest BCUT2D eigenvalue weighted by molar-refractivity contribution is 6.30. The quantitative estimate of drug-likeness (QED) is 0.748. The molecule has 0 aromatic heterocycles. The third-order valence-electron chi connectivity index (χ3n) is 4.17. The van der Waals surface area contributed by atoms with E-state index in [2.05, 4.69) is 0 Å². The number of halogens is 2. The molecule has 0 bridgehead atoms. The maximum absolute atomic E-state index is 12.4. The number of likely N-dealkylation sites (tertiary alicyclic amines) is 1. The summed E-state index contributed by atoms with van der Waals surface area (Å²) in [6, 6.07) is 8.13. The van der Waals surface area contributed by atoms with Crippen molar-refractivity contribution in [2.24, 2.45) is 5.73 Å². The predicted molar refractivity (Wildman–Crippen MR) is 94.5 cm³/mol. The van der Waals surface area contributed by atoms with Gasteiger partial charge in [0, 0.05) is 18.0 Å². The normalized spacial score (nSPS) is 17.4. The van der Waals surface area contributed by atoms with E-state index in [1.54, 1.807) is 0 Å². The predicted octanol–water partition coefficient (Wildman–Crippen LogP) is 4.33. The highest BCUT2D eigenvalue weighted by atomic mass is 35.5. The van der Waals surface area contributed by atoms with Crippen LogP contribution in [0.4, 0.5) is 0 Å². The molecule has 2 N–H and O–H groups in total. The van der Waals surface area contributed by atoms with E-state index in [0.717, 1.165) is 56.6 Å². The Morgan fingerprint density at radius 3 is 2.55 bits per heavy atom. The summed E-state index contributed by atoms with van der Waals surface area (Å²) in [6.45, 7) is 1.63. The zero-order chi connectivity index (χ0) is 15.1. The van der Waals surface area contributed by atoms with Crippen LogP contribution in [0.3, 0.4) is 0 Å². The fourth-order valence-corrected chi connectivity index (χ4v) is 3.14. The first-order chi connectivity index (χ1) is 10.2. The number of nitrogens with zero attached hydrogens (tertiary/aromatic N) is 1. The summed E-state index contributed by atoms with van der Waals surface area (Å²) in [7, 11) is 0. The lowest BCUT2D eigenvalue weighted by atomic mass is 10.0. The third-order valence-corrected chi connectivity index (χ3v) is 4.42. The molecule has 124 valence electrons. The molecule has 22 heavy (non-hydrogen) atoms. The summed E-state index contributed by atoms with van der Waals surface area (Å²) >= 11 is 5.94. The Morgan fingerprint density at radius 2 is 1.86 bits per heavy atom. The van der Waals surface area contributed by atoms with Gasteiger partial charge in [-0.3, -0.25) is 4.79 Å². The van der Waals surface area contributed by atoms with Crippen LogP contribution in [0.1, 0.15) is 56.6 Å². The molecule has 1 aliphatic heterocycles. The number of hydrogen-bond acceptors (Lipinski definition) is 2. The smallest absolute Gasteiger partial charge is 0.223 e. The molecule has 1 amide bonds. The summed E-state index contributed by atoms with van der Waals surface area (Å²) in [5, 5.41) is 0.745. The molecule has 1 fully saturated rings. The summed E-state index contributed by atoms with van der Waals surface area (Å²) in [6.07, 6.45) is 7.07. The Morgan fingerprint density at radius 1 is 1.18 bits per heavy atom. The van der Waals surface area contributed by atoms with Gasteiger partial charge < -0.3 is 10.6 Å². The van der Waals surface area contributed by atoms with Crippen LogP contribution in [0.15, 0.2) is 24.3 Å². The molecule has 0 saturated carbocycles. The van der Waals surface area contributed by atoms with Crippen LogP contribution in [0, 0.1) is 0 Å². The van der Waals surface area contributed by atoms with Crippen molar-refractivity contribution in [3.05, 3.63) is 34.9 Å². The molecule has 1 aliphatic rings. The Kier molecular flexibility index (Phi) is 8.84. The second-order valence-electron chi connectivity index (χ2n) is 5.75. The number of nitrogens with two attached hydrogens (primary N) is 1. The lowest BCUT2D eigenvalue weighted by Crippen LogP contribution is -2.30. The highest BCUT2D eigenvalue weighted by Crippen LogP contribution is 2.33. The maximum atomic E-state index is 12.4. The zero-order valence-electron chi connectivity index (χ0n) is 13.0. The number of rotatable bonds is 7. The van der Waals surface area contributed by atoms with Crippen molar-refractivity contribution in [1.82, 2.24) is 4.90 Å². The highest BCUT2D eigenvalue weighted by Gasteiger charge is 2.29. The Bertz CT molecular complexity index is 450. The maximum Gasteiger partial charge on any atom is 0.223 e. The molecule has 1 atom stereocenters. The topological polar surface area (TPSA) is 46.3 Å². The van der Waals surface area contributed by atoms with Crippen LogP contribution in [-0.2, 0) is 4.79 Å². The molecular weight excluding hydrogens is 319 g/mol. The molecule has 0 aliphatic carbocycles. The second-order valence-corrected chi connectivity index (χ2v) is 6.19. The van der Waals surface area contributed by atoms with Crippen molar-refractivity contribution < 1.29 is 4.79 Å². The SMILES string of the molecule is Cl.NCCCCCCC(=O)N1CCCC1c1ccc(Cl)cc1. The van der Waals surface area contributed by atoms with Crippen LogP contribution < -0.4 is 5.73 Å². The first-order valence-electron chi connectivity index (χ1n) is 7.97. The van der Waals surface area contributed by atoms with Crippen LogP contribution in [0.2, 0.25) is 5.02 Å². The molecule has 1 saturated heterocycles. The summed E-state index contributed by atoms with van der Waals surface area (Å²) in [5.74, 6) is 0.292. The standard InChI is InChI=1S/C17H25ClN2O.ClH/c18-15-10-8-14(9-11-15)16-6-5-13-20(16)17(21)7-3-1-2-4-12-19;/h8-11,16H,1-7,12-13,19H2;1H. The average Bonchev–Trinajstić information content (AvgIpc) is 2.97. The van der Waals surface area contributed by atoms with Crippen molar-refractivity contribution in [2.75, 3.05) is 13.1 Å². The van der Waals surface area contributed by atoms with E-state index >= 15 is 0 Å². The van der Waals surface area contributed by atoms with Gasteiger partial charge in [0.25, 0.3) is 0 Å². The minimum Gasteiger partial charge on any atom is -0.336 e. The van der Waals surface area contributed by atoms with Crippen molar-refractivity contribution in [3.63, 3.8) is 0 Å². The van der Waals surface area contributed by atoms with Crippen molar-refractivity contribution in [1.29, 1.82) is 0 Å². The van der Waals surface area contributed by atoms with Crippen LogP contribution in [0.25, 0.3) is 0 Å². The molecular formula is C17H26Cl2N2O. The van der Waals surface area contributed by atoms with Crippen LogP contribution >= 0.6 is 24.0 Å². The molecule has 0 radical (unpaired) electrons. The van der Waals surface area contributed by atoms with Crippen molar-refractivity contribution in [3.8, 4) is 0 Å². The first kappa shape index (κ1) is 19.3. The molecule has 3 nitrogen and oxygen atoms in total. The van der Waals surface area contributed by atoms with E-state index in [9.17, 15) is 4.79 Å². The first-order valence-corrected chi connectivity index (χ1v) is 8.35. The lowest BCUT2D eigenvalue weighted by Gasteiger charge is -2.25. The Balaban J connectivity index is 0.00000242. The minimum absolute atomic E-state index is 0. The van der Waals surface area contributed by atoms with E-state index in [1.807, 2.05) is 29.2 Å². The molecule has 1 aromatic carbocycles. The second kappa shape index (κ2) is 10.1. The monoisotopic (exact) mass is 344 g/mol. The number of benzene rings is 1. The fourth-order valence-electron chi connectivity index (χ4n) is 3.01. The van der Waals surface area contributed by atoms with Gasteiger partial charge in [-0.15, -0.1) is 12.4 Å². The van der Waals surface area contributed by atoms with E-state index in [1.165, 1.54) is 5.56 Å². The fraction of sp³-hybridized carbons (Fsp3) is 0.588. The lowest BCUT2D eigenvalue weighted by molar-refractivity contribution is -0.132. The largest absolute Gasteiger partial charge is 0.336 e. The average molecular weight is 345 g/mol. The van der Waals surface area contributed by atoms with E-state index in [0.29, 0.717) is 12.3 Å². The zero-order valence-corrected chi connectivity index (χ0v) is 14.5. The molecule has 2 rings (SSSR count). The number of hydrogen-bond donors (Lipinski definition) is 1. The minimum atomic E-state index is 0. The van der Waals surface area contributed by atoms with Gasteiger partial charge in [-0.05, 0) is 49.9 Å². The summed E-state index contributed by atoms with van der Waals surface area (Å²) < 4.78 is 0. The van der Waals surface area contributed by atoms with Crippen LogP contribution in [-0.4, -0.2) is 23.9 Å². The van der Waals surface area contributed by atoms with Gasteiger partial charge in [-0.1, -0.05) is 36.6 Å².